The Morgan fingerprint density at radius 2 is 1.86 bits per heavy atom. The quantitative estimate of drug-likeness (QED) is 0.516. The molecule has 0 atom stereocenters. The van der Waals surface area contributed by atoms with E-state index in [1.165, 1.54) is 16.7 Å². The number of nitrogens with zero attached hydrogens (tertiary/aromatic N) is 1. The first-order valence-corrected chi connectivity index (χ1v) is 10.3. The molecule has 150 valence electrons. The Bertz CT molecular complexity index is 963. The zero-order valence-electron chi connectivity index (χ0n) is 16.2. The van der Waals surface area contributed by atoms with Crippen LogP contribution in [0.4, 0.5) is 0 Å². The van der Waals surface area contributed by atoms with Gasteiger partial charge in [0.05, 0.1) is 11.3 Å². The number of ether oxygens (including phenoxy) is 1. The molecule has 0 spiro atoms. The molecule has 2 aromatic rings. The molecule has 1 heterocycles. The van der Waals surface area contributed by atoms with Crippen LogP contribution in [0.3, 0.4) is 0 Å². The summed E-state index contributed by atoms with van der Waals surface area (Å²) in [6, 6.07) is 13.9. The Kier molecular flexibility index (Phi) is 6.71. The summed E-state index contributed by atoms with van der Waals surface area (Å²) >= 11 is 6.43. The van der Waals surface area contributed by atoms with Crippen molar-refractivity contribution in [1.82, 2.24) is 4.90 Å². The molecule has 0 bridgehead atoms. The van der Waals surface area contributed by atoms with Crippen molar-refractivity contribution in [3.05, 3.63) is 69.6 Å². The fourth-order valence-corrected chi connectivity index (χ4v) is 4.38. The highest BCUT2D eigenvalue weighted by molar-refractivity contribution is 8.26. The Morgan fingerprint density at radius 1 is 1.21 bits per heavy atom. The number of carbonyl (C=O) groups excluding carboxylic acids is 1. The van der Waals surface area contributed by atoms with E-state index in [0.717, 1.165) is 28.0 Å². The lowest BCUT2D eigenvalue weighted by Gasteiger charge is -2.14. The van der Waals surface area contributed by atoms with Gasteiger partial charge in [0.1, 0.15) is 16.7 Å². The number of thioether (sulfide) groups is 1. The first kappa shape index (κ1) is 21.1. The van der Waals surface area contributed by atoms with Crippen LogP contribution in [0.1, 0.15) is 28.7 Å². The highest BCUT2D eigenvalue weighted by Crippen LogP contribution is 2.34. The lowest BCUT2D eigenvalue weighted by molar-refractivity contribution is -0.137. The molecule has 0 radical (unpaired) electrons. The summed E-state index contributed by atoms with van der Waals surface area (Å²) in [5.41, 5.74) is 3.94. The monoisotopic (exact) mass is 427 g/mol. The maximum Gasteiger partial charge on any atom is 0.305 e. The van der Waals surface area contributed by atoms with Crippen LogP contribution in [-0.2, 0) is 16.2 Å². The van der Waals surface area contributed by atoms with Gasteiger partial charge in [-0.3, -0.25) is 14.5 Å². The molecule has 1 aliphatic heterocycles. The third-order valence-corrected chi connectivity index (χ3v) is 5.81. The van der Waals surface area contributed by atoms with Crippen LogP contribution in [0.5, 0.6) is 5.75 Å². The molecule has 1 saturated heterocycles. The Labute approximate surface area is 179 Å². The molecule has 0 saturated carbocycles. The fraction of sp³-hybridized carbons (Fsp3) is 0.227. The van der Waals surface area contributed by atoms with E-state index in [0.29, 0.717) is 15.8 Å². The predicted octanol–water partition coefficient (Wildman–Crippen LogP) is 4.56. The van der Waals surface area contributed by atoms with E-state index in [2.05, 4.69) is 0 Å². The van der Waals surface area contributed by atoms with Gasteiger partial charge in [0.15, 0.2) is 0 Å². The highest BCUT2D eigenvalue weighted by atomic mass is 32.2. The van der Waals surface area contributed by atoms with Crippen molar-refractivity contribution in [2.45, 2.75) is 26.9 Å². The normalized spacial score (nSPS) is 15.2. The molecule has 1 aliphatic rings. The Hall–Kier alpha value is -2.64. The summed E-state index contributed by atoms with van der Waals surface area (Å²) in [6.45, 7) is 4.53. The van der Waals surface area contributed by atoms with Crippen molar-refractivity contribution >= 4 is 46.3 Å². The minimum atomic E-state index is -0.958. The van der Waals surface area contributed by atoms with E-state index >= 15 is 0 Å². The molecule has 7 heteroatoms. The molecular formula is C22H21NO4S2. The van der Waals surface area contributed by atoms with Crippen LogP contribution in [-0.4, -0.2) is 32.7 Å². The second-order valence-electron chi connectivity index (χ2n) is 6.74. The van der Waals surface area contributed by atoms with Gasteiger partial charge in [-0.2, -0.15) is 0 Å². The van der Waals surface area contributed by atoms with Crippen molar-refractivity contribution in [3.63, 3.8) is 0 Å². The third kappa shape index (κ3) is 5.25. The van der Waals surface area contributed by atoms with Crippen LogP contribution >= 0.6 is 24.0 Å². The smallest absolute Gasteiger partial charge is 0.305 e. The molecule has 1 fully saturated rings. The molecule has 0 aliphatic carbocycles. The van der Waals surface area contributed by atoms with Crippen LogP contribution in [0.2, 0.25) is 0 Å². The van der Waals surface area contributed by atoms with Gasteiger partial charge in [-0.05, 0) is 54.3 Å². The maximum atomic E-state index is 12.6. The van der Waals surface area contributed by atoms with Crippen molar-refractivity contribution in [1.29, 1.82) is 0 Å². The molecule has 0 aromatic heterocycles. The van der Waals surface area contributed by atoms with Gasteiger partial charge in [-0.25, -0.2) is 0 Å². The minimum Gasteiger partial charge on any atom is -0.488 e. The molecule has 0 unspecified atom stereocenters. The van der Waals surface area contributed by atoms with Gasteiger partial charge < -0.3 is 9.84 Å². The van der Waals surface area contributed by atoms with Crippen LogP contribution in [0, 0.1) is 13.8 Å². The molecule has 1 amide bonds. The number of carbonyl (C=O) groups is 2. The minimum absolute atomic E-state index is 0.0850. The van der Waals surface area contributed by atoms with Crippen LogP contribution in [0.25, 0.3) is 6.08 Å². The number of hydrogen-bond acceptors (Lipinski definition) is 5. The zero-order chi connectivity index (χ0) is 21.0. The van der Waals surface area contributed by atoms with E-state index in [4.69, 9.17) is 22.1 Å². The summed E-state index contributed by atoms with van der Waals surface area (Å²) in [5, 5.41) is 8.84. The maximum absolute atomic E-state index is 12.6. The lowest BCUT2D eigenvalue weighted by atomic mass is 10.0. The molecule has 3 rings (SSSR count). The van der Waals surface area contributed by atoms with Gasteiger partial charge in [-0.15, -0.1) is 0 Å². The van der Waals surface area contributed by atoms with Crippen molar-refractivity contribution < 1.29 is 19.4 Å². The van der Waals surface area contributed by atoms with Crippen molar-refractivity contribution in [3.8, 4) is 5.75 Å². The number of aliphatic carboxylic acids is 1. The lowest BCUT2D eigenvalue weighted by Crippen LogP contribution is -2.30. The number of thiocarbonyl (C=S) groups is 1. The van der Waals surface area contributed by atoms with Gasteiger partial charge >= 0.3 is 5.97 Å². The number of hydrogen-bond donors (Lipinski definition) is 1. The largest absolute Gasteiger partial charge is 0.488 e. The third-order valence-electron chi connectivity index (χ3n) is 4.43. The SMILES string of the molecule is Cc1cc(C=C2SC(=S)N(CCC(=O)O)C2=O)cc(C)c1OCc1ccccc1. The second kappa shape index (κ2) is 9.24. The van der Waals surface area contributed by atoms with Gasteiger partial charge in [0, 0.05) is 6.54 Å². The predicted molar refractivity (Wildman–Crippen MR) is 119 cm³/mol. The number of amides is 1. The summed E-state index contributed by atoms with van der Waals surface area (Å²) in [6.07, 6.45) is 1.66. The highest BCUT2D eigenvalue weighted by Gasteiger charge is 2.32. The Balaban J connectivity index is 1.75. The van der Waals surface area contributed by atoms with E-state index < -0.39 is 5.97 Å². The van der Waals surface area contributed by atoms with Crippen LogP contribution in [0.15, 0.2) is 47.4 Å². The fourth-order valence-electron chi connectivity index (χ4n) is 3.08. The molecule has 5 nitrogen and oxygen atoms in total. The van der Waals surface area contributed by atoms with Gasteiger partial charge in [-0.1, -0.05) is 54.3 Å². The van der Waals surface area contributed by atoms with Crippen molar-refractivity contribution in [2.24, 2.45) is 0 Å². The summed E-state index contributed by atoms with van der Waals surface area (Å²) < 4.78 is 6.40. The molecule has 1 N–H and O–H groups in total. The molecule has 2 aromatic carbocycles. The second-order valence-corrected chi connectivity index (χ2v) is 8.41. The Morgan fingerprint density at radius 3 is 2.48 bits per heavy atom. The van der Waals surface area contributed by atoms with Crippen molar-refractivity contribution in [2.75, 3.05) is 6.54 Å². The van der Waals surface area contributed by atoms with E-state index in [-0.39, 0.29) is 18.9 Å². The topological polar surface area (TPSA) is 66.8 Å². The first-order valence-electron chi connectivity index (χ1n) is 9.10. The first-order chi connectivity index (χ1) is 13.8. The molecule has 29 heavy (non-hydrogen) atoms. The summed E-state index contributed by atoms with van der Waals surface area (Å²) in [7, 11) is 0. The zero-order valence-corrected chi connectivity index (χ0v) is 17.8. The van der Waals surface area contributed by atoms with Crippen LogP contribution < -0.4 is 4.74 Å². The number of carboxylic acids is 1. The summed E-state index contributed by atoms with van der Waals surface area (Å²) in [5.74, 6) is -0.374. The number of aryl methyl sites for hydroxylation is 2. The number of benzene rings is 2. The molecular weight excluding hydrogens is 406 g/mol. The van der Waals surface area contributed by atoms with E-state index in [1.807, 2.05) is 56.3 Å². The number of carboxylic acid groups (broad SMARTS) is 1. The van der Waals surface area contributed by atoms with Gasteiger partial charge in [0.25, 0.3) is 5.91 Å². The standard InChI is InChI=1S/C22H21NO4S2/c1-14-10-17(11-15(2)20(14)27-13-16-6-4-3-5-7-16)12-18-21(26)23(22(28)29-18)9-8-19(24)25/h3-7,10-12H,8-9,13H2,1-2H3,(H,24,25). The number of rotatable bonds is 7. The average Bonchev–Trinajstić information content (AvgIpc) is 2.93. The summed E-state index contributed by atoms with van der Waals surface area (Å²) in [4.78, 5) is 25.2. The van der Waals surface area contributed by atoms with E-state index in [1.54, 1.807) is 6.08 Å². The average molecular weight is 428 g/mol. The van der Waals surface area contributed by atoms with Gasteiger partial charge in [0.2, 0.25) is 0 Å². The van der Waals surface area contributed by atoms with E-state index in [9.17, 15) is 9.59 Å².